The van der Waals surface area contributed by atoms with Crippen molar-refractivity contribution in [3.8, 4) is 0 Å². The summed E-state index contributed by atoms with van der Waals surface area (Å²) < 4.78 is 27.1. The summed E-state index contributed by atoms with van der Waals surface area (Å²) in [7, 11) is -2.36. The van der Waals surface area contributed by atoms with Gasteiger partial charge in [0.25, 0.3) is 15.9 Å². The van der Waals surface area contributed by atoms with E-state index in [0.29, 0.717) is 18.8 Å². The van der Waals surface area contributed by atoms with Gasteiger partial charge in [-0.25, -0.2) is 8.42 Å². The van der Waals surface area contributed by atoms with E-state index in [2.05, 4.69) is 5.32 Å². The SMILES string of the molecule is CCNC(=O)CN(CC)C(=O)c1cccc(S(=O)(=O)N(C)c2ccccc2)c1. The molecule has 0 radical (unpaired) electrons. The number of carbonyl (C=O) groups excluding carboxylic acids is 2. The van der Waals surface area contributed by atoms with Crippen molar-refractivity contribution in [1.82, 2.24) is 10.2 Å². The standard InChI is InChI=1S/C20H25N3O4S/c1-4-21-19(24)15-23(5-2)20(25)16-10-9-13-18(14-16)28(26,27)22(3)17-11-7-6-8-12-17/h6-14H,4-5,15H2,1-3H3,(H,21,24). The van der Waals surface area contributed by atoms with E-state index in [1.165, 1.54) is 34.5 Å². The van der Waals surface area contributed by atoms with E-state index in [1.807, 2.05) is 0 Å². The van der Waals surface area contributed by atoms with E-state index in [9.17, 15) is 18.0 Å². The Hall–Kier alpha value is -2.87. The Morgan fingerprint density at radius 3 is 2.29 bits per heavy atom. The first-order valence-electron chi connectivity index (χ1n) is 9.01. The molecule has 7 nitrogen and oxygen atoms in total. The number of hydrogen-bond acceptors (Lipinski definition) is 4. The van der Waals surface area contributed by atoms with E-state index in [0.717, 1.165) is 0 Å². The van der Waals surface area contributed by atoms with Crippen LogP contribution in [0.3, 0.4) is 0 Å². The van der Waals surface area contributed by atoms with Crippen molar-refractivity contribution < 1.29 is 18.0 Å². The monoisotopic (exact) mass is 403 g/mol. The van der Waals surface area contributed by atoms with Crippen LogP contribution in [0.15, 0.2) is 59.5 Å². The average molecular weight is 404 g/mol. The molecule has 1 N–H and O–H groups in total. The minimum atomic E-state index is -3.83. The number of hydrogen-bond donors (Lipinski definition) is 1. The van der Waals surface area contributed by atoms with Crippen molar-refractivity contribution >= 4 is 27.5 Å². The highest BCUT2D eigenvalue weighted by Crippen LogP contribution is 2.22. The molecular weight excluding hydrogens is 378 g/mol. The van der Waals surface area contributed by atoms with Crippen LogP contribution in [-0.4, -0.2) is 51.8 Å². The molecule has 0 spiro atoms. The van der Waals surface area contributed by atoms with E-state index in [-0.39, 0.29) is 22.9 Å². The molecule has 2 amide bonds. The number of nitrogens with zero attached hydrogens (tertiary/aromatic N) is 2. The maximum atomic E-state index is 12.9. The summed E-state index contributed by atoms with van der Waals surface area (Å²) in [6, 6.07) is 14.6. The molecule has 0 aliphatic heterocycles. The summed E-state index contributed by atoms with van der Waals surface area (Å²) in [5, 5.41) is 2.65. The molecule has 0 heterocycles. The number of benzene rings is 2. The Morgan fingerprint density at radius 1 is 1.00 bits per heavy atom. The van der Waals surface area contributed by atoms with Crippen LogP contribution in [0.1, 0.15) is 24.2 Å². The highest BCUT2D eigenvalue weighted by atomic mass is 32.2. The fraction of sp³-hybridized carbons (Fsp3) is 0.300. The van der Waals surface area contributed by atoms with Gasteiger partial charge in [0.1, 0.15) is 0 Å². The van der Waals surface area contributed by atoms with Crippen LogP contribution in [-0.2, 0) is 14.8 Å². The summed E-state index contributed by atoms with van der Waals surface area (Å²) in [5.74, 6) is -0.654. The highest BCUT2D eigenvalue weighted by molar-refractivity contribution is 7.92. The third-order valence-corrected chi connectivity index (χ3v) is 6.02. The van der Waals surface area contributed by atoms with E-state index >= 15 is 0 Å². The topological polar surface area (TPSA) is 86.8 Å². The van der Waals surface area contributed by atoms with Gasteiger partial charge in [-0.2, -0.15) is 0 Å². The zero-order chi connectivity index (χ0) is 20.7. The third kappa shape index (κ3) is 4.89. The predicted molar refractivity (Wildman–Crippen MR) is 109 cm³/mol. The summed E-state index contributed by atoms with van der Waals surface area (Å²) in [6.07, 6.45) is 0. The van der Waals surface area contributed by atoms with Crippen molar-refractivity contribution in [3.05, 3.63) is 60.2 Å². The Labute approximate surface area is 166 Å². The Morgan fingerprint density at radius 2 is 1.68 bits per heavy atom. The van der Waals surface area contributed by atoms with Crippen molar-refractivity contribution in [2.45, 2.75) is 18.7 Å². The number of para-hydroxylation sites is 1. The van der Waals surface area contributed by atoms with Gasteiger partial charge in [0.15, 0.2) is 0 Å². The summed E-state index contributed by atoms with van der Waals surface area (Å²) in [5.41, 5.74) is 0.735. The molecule has 8 heteroatoms. The normalized spacial score (nSPS) is 11.0. The quantitative estimate of drug-likeness (QED) is 0.731. The van der Waals surface area contributed by atoms with Crippen LogP contribution in [0.5, 0.6) is 0 Å². The van der Waals surface area contributed by atoms with Gasteiger partial charge in [-0.1, -0.05) is 24.3 Å². The second-order valence-electron chi connectivity index (χ2n) is 6.11. The van der Waals surface area contributed by atoms with Crippen molar-refractivity contribution in [2.75, 3.05) is 31.0 Å². The molecule has 0 aliphatic rings. The fourth-order valence-electron chi connectivity index (χ4n) is 2.66. The largest absolute Gasteiger partial charge is 0.355 e. The molecule has 2 aromatic carbocycles. The van der Waals surface area contributed by atoms with Crippen LogP contribution in [0.2, 0.25) is 0 Å². The van der Waals surface area contributed by atoms with E-state index < -0.39 is 15.9 Å². The minimum absolute atomic E-state index is 0.0127. The van der Waals surface area contributed by atoms with Gasteiger partial charge in [-0.3, -0.25) is 13.9 Å². The molecule has 0 saturated carbocycles. The van der Waals surface area contributed by atoms with E-state index in [4.69, 9.17) is 0 Å². The fourth-order valence-corrected chi connectivity index (χ4v) is 3.90. The minimum Gasteiger partial charge on any atom is -0.355 e. The number of nitrogens with one attached hydrogen (secondary N) is 1. The van der Waals surface area contributed by atoms with Crippen LogP contribution in [0.25, 0.3) is 0 Å². The van der Waals surface area contributed by atoms with E-state index in [1.54, 1.807) is 50.2 Å². The molecular formula is C20H25N3O4S. The Bertz CT molecular complexity index is 929. The predicted octanol–water partition coefficient (Wildman–Crippen LogP) is 2.11. The molecule has 0 aromatic heterocycles. The third-order valence-electron chi connectivity index (χ3n) is 4.24. The van der Waals surface area contributed by atoms with Gasteiger partial charge in [0, 0.05) is 25.7 Å². The van der Waals surface area contributed by atoms with Crippen LogP contribution in [0, 0.1) is 0 Å². The molecule has 28 heavy (non-hydrogen) atoms. The van der Waals surface area contributed by atoms with Gasteiger partial charge in [-0.05, 0) is 44.2 Å². The first-order valence-corrected chi connectivity index (χ1v) is 10.4. The second-order valence-corrected chi connectivity index (χ2v) is 8.08. The smallest absolute Gasteiger partial charge is 0.264 e. The highest BCUT2D eigenvalue weighted by Gasteiger charge is 2.24. The summed E-state index contributed by atoms with van der Waals surface area (Å²) >= 11 is 0. The number of anilines is 1. The van der Waals surface area contributed by atoms with Gasteiger partial charge in [-0.15, -0.1) is 0 Å². The summed E-state index contributed by atoms with van der Waals surface area (Å²) in [6.45, 7) is 4.29. The maximum Gasteiger partial charge on any atom is 0.264 e. The van der Waals surface area contributed by atoms with Crippen molar-refractivity contribution in [3.63, 3.8) is 0 Å². The molecule has 0 aliphatic carbocycles. The lowest BCUT2D eigenvalue weighted by molar-refractivity contribution is -0.121. The number of likely N-dealkylation sites (N-methyl/N-ethyl adjacent to an activating group) is 2. The van der Waals surface area contributed by atoms with Gasteiger partial charge < -0.3 is 10.2 Å². The van der Waals surface area contributed by atoms with Gasteiger partial charge in [0.2, 0.25) is 5.91 Å². The number of rotatable bonds is 8. The second kappa shape index (κ2) is 9.36. The molecule has 0 bridgehead atoms. The van der Waals surface area contributed by atoms with Crippen molar-refractivity contribution in [2.24, 2.45) is 0 Å². The number of sulfonamides is 1. The zero-order valence-corrected chi connectivity index (χ0v) is 17.1. The molecule has 0 fully saturated rings. The average Bonchev–Trinajstić information content (AvgIpc) is 2.71. The molecule has 2 aromatic rings. The Kier molecular flexibility index (Phi) is 7.17. The molecule has 0 saturated heterocycles. The van der Waals surface area contributed by atoms with Crippen LogP contribution >= 0.6 is 0 Å². The first-order chi connectivity index (χ1) is 13.3. The number of carbonyl (C=O) groups is 2. The lowest BCUT2D eigenvalue weighted by Crippen LogP contribution is -2.40. The molecule has 2 rings (SSSR count). The van der Waals surface area contributed by atoms with Crippen LogP contribution < -0.4 is 9.62 Å². The zero-order valence-electron chi connectivity index (χ0n) is 16.3. The lowest BCUT2D eigenvalue weighted by atomic mass is 10.2. The molecule has 150 valence electrons. The number of amides is 2. The molecule has 0 atom stereocenters. The van der Waals surface area contributed by atoms with Crippen LogP contribution in [0.4, 0.5) is 5.69 Å². The lowest BCUT2D eigenvalue weighted by Gasteiger charge is -2.22. The van der Waals surface area contributed by atoms with Gasteiger partial charge in [0.05, 0.1) is 17.1 Å². The first kappa shape index (κ1) is 21.4. The Balaban J connectivity index is 2.29. The summed E-state index contributed by atoms with van der Waals surface area (Å²) in [4.78, 5) is 26.0. The van der Waals surface area contributed by atoms with Crippen molar-refractivity contribution in [1.29, 1.82) is 0 Å². The molecule has 0 unspecified atom stereocenters. The maximum absolute atomic E-state index is 12.9. The van der Waals surface area contributed by atoms with Gasteiger partial charge >= 0.3 is 0 Å².